The van der Waals surface area contributed by atoms with Crippen molar-refractivity contribution >= 4 is 5.96 Å². The number of methoxy groups -OCH3 is 3. The summed E-state index contributed by atoms with van der Waals surface area (Å²) in [6.45, 7) is 3.18. The predicted molar refractivity (Wildman–Crippen MR) is 105 cm³/mol. The lowest BCUT2D eigenvalue weighted by Gasteiger charge is -2.39. The van der Waals surface area contributed by atoms with E-state index in [4.69, 9.17) is 14.2 Å². The molecule has 29 heavy (non-hydrogen) atoms. The zero-order chi connectivity index (χ0) is 21.6. The molecule has 1 aromatic carbocycles. The van der Waals surface area contributed by atoms with Gasteiger partial charge in [-0.3, -0.25) is 9.89 Å². The zero-order valence-corrected chi connectivity index (χ0v) is 17.5. The third kappa shape index (κ3) is 5.37. The van der Waals surface area contributed by atoms with E-state index < -0.39 is 12.2 Å². The van der Waals surface area contributed by atoms with Crippen LogP contribution in [0.1, 0.15) is 12.5 Å². The molecule has 1 aromatic rings. The fourth-order valence-electron chi connectivity index (χ4n) is 3.34. The highest BCUT2D eigenvalue weighted by Gasteiger charge is 2.41. The van der Waals surface area contributed by atoms with Gasteiger partial charge in [0.2, 0.25) is 5.75 Å². The van der Waals surface area contributed by atoms with Crippen LogP contribution in [-0.2, 0) is 6.54 Å². The van der Waals surface area contributed by atoms with Gasteiger partial charge in [0, 0.05) is 45.3 Å². The molecule has 1 heterocycles. The largest absolute Gasteiger partial charge is 0.493 e. The summed E-state index contributed by atoms with van der Waals surface area (Å²) >= 11 is 0. The molecule has 0 aliphatic carbocycles. The van der Waals surface area contributed by atoms with Gasteiger partial charge in [-0.2, -0.15) is 13.2 Å². The molecule has 1 atom stereocenters. The maximum absolute atomic E-state index is 12.9. The van der Waals surface area contributed by atoms with Crippen LogP contribution in [0.2, 0.25) is 0 Å². The smallest absolute Gasteiger partial charge is 0.403 e. The van der Waals surface area contributed by atoms with Crippen molar-refractivity contribution in [2.24, 2.45) is 4.99 Å². The summed E-state index contributed by atoms with van der Waals surface area (Å²) in [4.78, 5) is 7.67. The van der Waals surface area contributed by atoms with Crippen molar-refractivity contribution in [1.29, 1.82) is 0 Å². The van der Waals surface area contributed by atoms with E-state index in [1.165, 1.54) is 18.9 Å². The molecule has 1 unspecified atom stereocenters. The number of rotatable bonds is 6. The zero-order valence-electron chi connectivity index (χ0n) is 17.5. The van der Waals surface area contributed by atoms with Gasteiger partial charge in [0.1, 0.15) is 6.04 Å². The number of ether oxygens (including phenoxy) is 3. The lowest BCUT2D eigenvalue weighted by Crippen LogP contribution is -2.56. The predicted octanol–water partition coefficient (Wildman–Crippen LogP) is 2.36. The van der Waals surface area contributed by atoms with E-state index in [9.17, 15) is 13.2 Å². The SMILES string of the molecule is CN=C(NCc1ccc(OC)c(OC)c1OC)N1CCN(C(C)C(F)(F)F)CC1. The number of benzene rings is 1. The molecule has 10 heteroatoms. The van der Waals surface area contributed by atoms with Gasteiger partial charge in [0.15, 0.2) is 17.5 Å². The van der Waals surface area contributed by atoms with Crippen LogP contribution in [0.25, 0.3) is 0 Å². The second-order valence-corrected chi connectivity index (χ2v) is 6.63. The summed E-state index contributed by atoms with van der Waals surface area (Å²) < 4.78 is 54.9. The van der Waals surface area contributed by atoms with E-state index in [0.717, 1.165) is 5.56 Å². The average molecular weight is 418 g/mol. The first-order valence-electron chi connectivity index (χ1n) is 9.31. The van der Waals surface area contributed by atoms with E-state index in [-0.39, 0.29) is 0 Å². The molecule has 0 saturated carbocycles. The van der Waals surface area contributed by atoms with Gasteiger partial charge in [-0.25, -0.2) is 0 Å². The van der Waals surface area contributed by atoms with Crippen LogP contribution in [0, 0.1) is 0 Å². The van der Waals surface area contributed by atoms with Crippen LogP contribution < -0.4 is 19.5 Å². The summed E-state index contributed by atoms with van der Waals surface area (Å²) in [6.07, 6.45) is -4.22. The first kappa shape index (κ1) is 22.9. The summed E-state index contributed by atoms with van der Waals surface area (Å²) in [5.74, 6) is 2.24. The van der Waals surface area contributed by atoms with Gasteiger partial charge < -0.3 is 24.4 Å². The van der Waals surface area contributed by atoms with Crippen molar-refractivity contribution < 1.29 is 27.4 Å². The first-order valence-corrected chi connectivity index (χ1v) is 9.31. The van der Waals surface area contributed by atoms with E-state index >= 15 is 0 Å². The van der Waals surface area contributed by atoms with E-state index in [2.05, 4.69) is 10.3 Å². The van der Waals surface area contributed by atoms with Gasteiger partial charge >= 0.3 is 6.18 Å². The Morgan fingerprint density at radius 2 is 1.69 bits per heavy atom. The van der Waals surface area contributed by atoms with Crippen molar-refractivity contribution in [2.75, 3.05) is 54.6 Å². The highest BCUT2D eigenvalue weighted by Crippen LogP contribution is 2.39. The van der Waals surface area contributed by atoms with Crippen molar-refractivity contribution in [3.63, 3.8) is 0 Å². The number of hydrogen-bond acceptors (Lipinski definition) is 5. The number of alkyl halides is 3. The minimum Gasteiger partial charge on any atom is -0.493 e. The number of aliphatic imine (C=N–C) groups is 1. The maximum Gasteiger partial charge on any atom is 0.403 e. The van der Waals surface area contributed by atoms with Crippen molar-refractivity contribution in [1.82, 2.24) is 15.1 Å². The minimum atomic E-state index is -4.22. The Morgan fingerprint density at radius 1 is 1.07 bits per heavy atom. The molecule has 0 spiro atoms. The summed E-state index contributed by atoms with van der Waals surface area (Å²) in [5.41, 5.74) is 0.843. The topological polar surface area (TPSA) is 58.6 Å². The Kier molecular flexibility index (Phi) is 7.83. The third-order valence-electron chi connectivity index (χ3n) is 5.07. The molecule has 1 fully saturated rings. The molecule has 0 aromatic heterocycles. The van der Waals surface area contributed by atoms with Crippen molar-refractivity contribution in [2.45, 2.75) is 25.7 Å². The maximum atomic E-state index is 12.9. The molecule has 1 aliphatic heterocycles. The van der Waals surface area contributed by atoms with Crippen LogP contribution in [0.5, 0.6) is 17.2 Å². The lowest BCUT2D eigenvalue weighted by molar-refractivity contribution is -0.181. The highest BCUT2D eigenvalue weighted by molar-refractivity contribution is 5.80. The Bertz CT molecular complexity index is 705. The number of piperazine rings is 1. The monoisotopic (exact) mass is 418 g/mol. The number of nitrogens with one attached hydrogen (secondary N) is 1. The number of halogens is 3. The third-order valence-corrected chi connectivity index (χ3v) is 5.07. The molecule has 0 amide bonds. The molecule has 0 radical (unpaired) electrons. The van der Waals surface area contributed by atoms with Gasteiger partial charge in [0.25, 0.3) is 0 Å². The lowest BCUT2D eigenvalue weighted by atomic mass is 10.1. The standard InChI is InChI=1S/C19H29F3N4O3/c1-13(19(20,21)22)25-8-10-26(11-9-25)18(23-2)24-12-14-6-7-15(27-3)17(29-5)16(14)28-4/h6-7,13H,8-12H2,1-5H3,(H,23,24). The number of hydrogen-bond donors (Lipinski definition) is 1. The first-order chi connectivity index (χ1) is 13.8. The van der Waals surface area contributed by atoms with Crippen LogP contribution in [0.15, 0.2) is 17.1 Å². The van der Waals surface area contributed by atoms with Gasteiger partial charge in [-0.05, 0) is 19.1 Å². The normalized spacial score (nSPS) is 17.1. The number of guanidine groups is 1. The Labute approximate surface area is 169 Å². The van der Waals surface area contributed by atoms with Crippen LogP contribution in [-0.4, -0.2) is 82.5 Å². The molecule has 0 bridgehead atoms. The molecule has 1 aliphatic rings. The summed E-state index contributed by atoms with van der Waals surface area (Å²) in [7, 11) is 6.30. The Hall–Kier alpha value is -2.36. The highest BCUT2D eigenvalue weighted by atomic mass is 19.4. The summed E-state index contributed by atoms with van der Waals surface area (Å²) in [5, 5.41) is 3.25. The minimum absolute atomic E-state index is 0.320. The van der Waals surface area contributed by atoms with Crippen molar-refractivity contribution in [3.05, 3.63) is 17.7 Å². The van der Waals surface area contributed by atoms with Gasteiger partial charge in [0.05, 0.1) is 21.3 Å². The summed E-state index contributed by atoms with van der Waals surface area (Å²) in [6, 6.07) is 2.21. The van der Waals surface area contributed by atoms with Crippen LogP contribution >= 0.6 is 0 Å². The van der Waals surface area contributed by atoms with E-state index in [1.807, 2.05) is 11.0 Å². The van der Waals surface area contributed by atoms with Crippen LogP contribution in [0.4, 0.5) is 13.2 Å². The van der Waals surface area contributed by atoms with Crippen molar-refractivity contribution in [3.8, 4) is 17.2 Å². The molecule has 164 valence electrons. The van der Waals surface area contributed by atoms with E-state index in [1.54, 1.807) is 27.3 Å². The molecule has 2 rings (SSSR count). The molecular formula is C19H29F3N4O3. The Morgan fingerprint density at radius 3 is 2.17 bits per heavy atom. The van der Waals surface area contributed by atoms with E-state index in [0.29, 0.717) is 55.9 Å². The molecule has 1 N–H and O–H groups in total. The van der Waals surface area contributed by atoms with Gasteiger partial charge in [-0.1, -0.05) is 0 Å². The molecular weight excluding hydrogens is 389 g/mol. The fraction of sp³-hybridized carbons (Fsp3) is 0.632. The Balaban J connectivity index is 2.02. The second kappa shape index (κ2) is 9.91. The number of nitrogens with zero attached hydrogens (tertiary/aromatic N) is 3. The second-order valence-electron chi connectivity index (χ2n) is 6.63. The molecule has 7 nitrogen and oxygen atoms in total. The van der Waals surface area contributed by atoms with Gasteiger partial charge in [-0.15, -0.1) is 0 Å². The fourth-order valence-corrected chi connectivity index (χ4v) is 3.34. The van der Waals surface area contributed by atoms with Crippen LogP contribution in [0.3, 0.4) is 0 Å². The molecule has 1 saturated heterocycles. The quantitative estimate of drug-likeness (QED) is 0.566. The average Bonchev–Trinajstić information content (AvgIpc) is 2.72.